The first-order valence-corrected chi connectivity index (χ1v) is 9.79. The second-order valence-corrected chi connectivity index (χ2v) is 7.57. The highest BCUT2D eigenvalue weighted by Crippen LogP contribution is 2.21. The van der Waals surface area contributed by atoms with Gasteiger partial charge in [0.05, 0.1) is 0 Å². The van der Waals surface area contributed by atoms with Crippen molar-refractivity contribution < 1.29 is 9.18 Å². The number of hydrogen-bond acceptors (Lipinski definition) is 3. The Bertz CT molecular complexity index is 756. The molecule has 1 aliphatic rings. The van der Waals surface area contributed by atoms with Crippen LogP contribution in [-0.4, -0.2) is 51.2 Å². The van der Waals surface area contributed by atoms with Crippen LogP contribution in [0.3, 0.4) is 0 Å². The maximum absolute atomic E-state index is 13.2. The normalized spacial score (nSPS) is 18.7. The summed E-state index contributed by atoms with van der Waals surface area (Å²) in [6.45, 7) is 10.3. The van der Waals surface area contributed by atoms with E-state index in [1.54, 1.807) is 10.7 Å². The Morgan fingerprint density at radius 2 is 1.96 bits per heavy atom. The third kappa shape index (κ3) is 4.75. The Morgan fingerprint density at radius 3 is 2.59 bits per heavy atom. The topological polar surface area (TPSA) is 41.4 Å². The van der Waals surface area contributed by atoms with Gasteiger partial charge in [-0.1, -0.05) is 26.0 Å². The number of carbonyl (C=O) groups is 1. The third-order valence-electron chi connectivity index (χ3n) is 5.29. The molecule has 1 amide bonds. The summed E-state index contributed by atoms with van der Waals surface area (Å²) >= 11 is 0. The Balaban J connectivity index is 1.74. The highest BCUT2D eigenvalue weighted by Gasteiger charge is 2.30. The molecule has 0 unspecified atom stereocenters. The van der Waals surface area contributed by atoms with Gasteiger partial charge in [-0.15, -0.1) is 0 Å². The van der Waals surface area contributed by atoms with E-state index in [2.05, 4.69) is 23.8 Å². The molecule has 6 heteroatoms. The number of benzene rings is 1. The first-order valence-electron chi connectivity index (χ1n) is 9.79. The summed E-state index contributed by atoms with van der Waals surface area (Å²) in [5.41, 5.74) is 1.62. The lowest BCUT2D eigenvalue weighted by Gasteiger charge is -2.34. The standard InChI is InChI=1S/C21H29FN4O/c1-4-26-13-10-19(23-26)21(27)25-12-5-11-24(20(15-25)16(2)3)14-17-6-8-18(22)9-7-17/h6-10,13,16,20H,4-5,11-12,14-15H2,1-3H3/t20-/m1/s1. The minimum absolute atomic E-state index is 0.0106. The van der Waals surface area contributed by atoms with Gasteiger partial charge in [0, 0.05) is 45.0 Å². The Morgan fingerprint density at radius 1 is 1.22 bits per heavy atom. The van der Waals surface area contributed by atoms with Crippen LogP contribution in [0.25, 0.3) is 0 Å². The molecule has 5 nitrogen and oxygen atoms in total. The first kappa shape index (κ1) is 19.5. The number of amides is 1. The van der Waals surface area contributed by atoms with Crippen molar-refractivity contribution in [1.29, 1.82) is 0 Å². The number of aromatic nitrogens is 2. The minimum Gasteiger partial charge on any atom is -0.336 e. The molecule has 1 atom stereocenters. The quantitative estimate of drug-likeness (QED) is 0.808. The lowest BCUT2D eigenvalue weighted by Crippen LogP contribution is -2.45. The van der Waals surface area contributed by atoms with Crippen molar-refractivity contribution in [3.05, 3.63) is 53.6 Å². The fraction of sp³-hybridized carbons (Fsp3) is 0.524. The van der Waals surface area contributed by atoms with E-state index in [4.69, 9.17) is 0 Å². The molecule has 27 heavy (non-hydrogen) atoms. The summed E-state index contributed by atoms with van der Waals surface area (Å²) in [5, 5.41) is 4.38. The predicted octanol–water partition coefficient (Wildman–Crippen LogP) is 3.41. The van der Waals surface area contributed by atoms with Crippen molar-refractivity contribution in [1.82, 2.24) is 19.6 Å². The van der Waals surface area contributed by atoms with Gasteiger partial charge in [-0.25, -0.2) is 4.39 Å². The molecule has 2 heterocycles. The zero-order valence-corrected chi connectivity index (χ0v) is 16.4. The summed E-state index contributed by atoms with van der Waals surface area (Å²) < 4.78 is 15.0. The molecular formula is C21H29FN4O. The highest BCUT2D eigenvalue weighted by molar-refractivity contribution is 5.92. The van der Waals surface area contributed by atoms with Crippen molar-refractivity contribution in [2.45, 2.75) is 46.3 Å². The maximum Gasteiger partial charge on any atom is 0.274 e. The van der Waals surface area contributed by atoms with E-state index < -0.39 is 0 Å². The molecule has 0 bridgehead atoms. The Hall–Kier alpha value is -2.21. The summed E-state index contributed by atoms with van der Waals surface area (Å²) in [7, 11) is 0. The maximum atomic E-state index is 13.2. The van der Waals surface area contributed by atoms with Gasteiger partial charge in [-0.3, -0.25) is 14.4 Å². The molecule has 0 saturated carbocycles. The SMILES string of the molecule is CCn1ccc(C(=O)N2CCCN(Cc3ccc(F)cc3)[C@@H](C(C)C)C2)n1. The van der Waals surface area contributed by atoms with Crippen molar-refractivity contribution >= 4 is 5.91 Å². The van der Waals surface area contributed by atoms with Gasteiger partial charge in [-0.2, -0.15) is 5.10 Å². The summed E-state index contributed by atoms with van der Waals surface area (Å²) in [6.07, 6.45) is 2.77. The molecule has 1 saturated heterocycles. The van der Waals surface area contributed by atoms with E-state index in [0.29, 0.717) is 18.2 Å². The van der Waals surface area contributed by atoms with Crippen LogP contribution in [0.4, 0.5) is 4.39 Å². The van der Waals surface area contributed by atoms with Gasteiger partial charge >= 0.3 is 0 Å². The van der Waals surface area contributed by atoms with E-state index in [1.165, 1.54) is 12.1 Å². The van der Waals surface area contributed by atoms with Crippen LogP contribution < -0.4 is 0 Å². The second kappa shape index (κ2) is 8.65. The van der Waals surface area contributed by atoms with Gasteiger partial charge in [-0.05, 0) is 43.0 Å². The molecule has 1 aromatic heterocycles. The summed E-state index contributed by atoms with van der Waals surface area (Å²) in [4.78, 5) is 17.3. The van der Waals surface area contributed by atoms with E-state index in [-0.39, 0.29) is 17.8 Å². The van der Waals surface area contributed by atoms with Gasteiger partial charge in [0.15, 0.2) is 0 Å². The number of hydrogen-bond donors (Lipinski definition) is 0. The molecule has 146 valence electrons. The highest BCUT2D eigenvalue weighted by atomic mass is 19.1. The molecule has 1 aromatic carbocycles. The van der Waals surface area contributed by atoms with Gasteiger partial charge < -0.3 is 4.90 Å². The average molecular weight is 372 g/mol. The van der Waals surface area contributed by atoms with Gasteiger partial charge in [0.2, 0.25) is 0 Å². The molecule has 0 aliphatic carbocycles. The van der Waals surface area contributed by atoms with Crippen LogP contribution in [0, 0.1) is 11.7 Å². The molecule has 1 aliphatic heterocycles. The summed E-state index contributed by atoms with van der Waals surface area (Å²) in [6, 6.07) is 8.77. The predicted molar refractivity (Wildman–Crippen MR) is 104 cm³/mol. The fourth-order valence-corrected chi connectivity index (χ4v) is 3.71. The minimum atomic E-state index is -0.210. The number of halogens is 1. The van der Waals surface area contributed by atoms with Crippen molar-refractivity contribution in [2.75, 3.05) is 19.6 Å². The molecule has 0 radical (unpaired) electrons. The van der Waals surface area contributed by atoms with Crippen LogP contribution >= 0.6 is 0 Å². The number of nitrogens with zero attached hydrogens (tertiary/aromatic N) is 4. The number of rotatable bonds is 5. The lowest BCUT2D eigenvalue weighted by atomic mass is 10.0. The molecule has 0 spiro atoms. The monoisotopic (exact) mass is 372 g/mol. The van der Waals surface area contributed by atoms with Crippen molar-refractivity contribution in [2.24, 2.45) is 5.92 Å². The van der Waals surface area contributed by atoms with E-state index in [0.717, 1.165) is 38.2 Å². The van der Waals surface area contributed by atoms with Crippen molar-refractivity contribution in [3.8, 4) is 0 Å². The molecular weight excluding hydrogens is 343 g/mol. The zero-order valence-electron chi connectivity index (χ0n) is 16.4. The van der Waals surface area contributed by atoms with Crippen LogP contribution in [0.2, 0.25) is 0 Å². The Labute approximate surface area is 160 Å². The van der Waals surface area contributed by atoms with Gasteiger partial charge in [0.25, 0.3) is 5.91 Å². The van der Waals surface area contributed by atoms with Crippen LogP contribution in [0.1, 0.15) is 43.2 Å². The second-order valence-electron chi connectivity index (χ2n) is 7.57. The Kier molecular flexibility index (Phi) is 6.26. The van der Waals surface area contributed by atoms with Crippen LogP contribution in [0.15, 0.2) is 36.5 Å². The molecule has 1 fully saturated rings. The fourth-order valence-electron chi connectivity index (χ4n) is 3.71. The molecule has 0 N–H and O–H groups in total. The number of aryl methyl sites for hydroxylation is 1. The first-order chi connectivity index (χ1) is 13.0. The van der Waals surface area contributed by atoms with E-state index in [9.17, 15) is 9.18 Å². The third-order valence-corrected chi connectivity index (χ3v) is 5.29. The summed E-state index contributed by atoms with van der Waals surface area (Å²) in [5.74, 6) is 0.210. The van der Waals surface area contributed by atoms with Crippen LogP contribution in [0.5, 0.6) is 0 Å². The average Bonchev–Trinajstić information content (AvgIpc) is 3.04. The zero-order chi connectivity index (χ0) is 19.4. The van der Waals surface area contributed by atoms with E-state index >= 15 is 0 Å². The van der Waals surface area contributed by atoms with Crippen LogP contribution in [-0.2, 0) is 13.1 Å². The van der Waals surface area contributed by atoms with Gasteiger partial charge in [0.1, 0.15) is 11.5 Å². The lowest BCUT2D eigenvalue weighted by molar-refractivity contribution is 0.0695. The molecule has 2 aromatic rings. The smallest absolute Gasteiger partial charge is 0.274 e. The van der Waals surface area contributed by atoms with E-state index in [1.807, 2.05) is 30.2 Å². The number of carbonyl (C=O) groups excluding carboxylic acids is 1. The molecule has 3 rings (SSSR count). The largest absolute Gasteiger partial charge is 0.336 e. The van der Waals surface area contributed by atoms with Crippen molar-refractivity contribution in [3.63, 3.8) is 0 Å².